The predicted octanol–water partition coefficient (Wildman–Crippen LogP) is 3.13. The van der Waals surface area contributed by atoms with E-state index in [0.717, 1.165) is 30.6 Å². The lowest BCUT2D eigenvalue weighted by Crippen LogP contribution is -2.24. The van der Waals surface area contributed by atoms with Crippen LogP contribution in [0.5, 0.6) is 5.75 Å². The third-order valence-corrected chi connectivity index (χ3v) is 4.24. The number of carboxylic acid groups (broad SMARTS) is 1. The molecule has 2 rings (SSSR count). The number of likely N-dealkylation sites (tertiary alicyclic amines) is 1. The summed E-state index contributed by atoms with van der Waals surface area (Å²) < 4.78 is 5.66. The normalized spacial score (nSPS) is 19.1. The largest absolute Gasteiger partial charge is 0.494 e. The highest BCUT2D eigenvalue weighted by molar-refractivity contribution is 5.87. The Labute approximate surface area is 126 Å². The number of aromatic carboxylic acids is 1. The second-order valence-electron chi connectivity index (χ2n) is 6.12. The number of carboxylic acids is 1. The van der Waals surface area contributed by atoms with E-state index in [1.54, 1.807) is 24.3 Å². The Balaban J connectivity index is 1.65. The van der Waals surface area contributed by atoms with E-state index >= 15 is 0 Å². The second-order valence-corrected chi connectivity index (χ2v) is 6.12. The van der Waals surface area contributed by atoms with Gasteiger partial charge in [0.15, 0.2) is 0 Å². The highest BCUT2D eigenvalue weighted by Crippen LogP contribution is 2.23. The minimum absolute atomic E-state index is 0.291. The zero-order valence-electron chi connectivity index (χ0n) is 12.9. The van der Waals surface area contributed by atoms with E-state index in [0.29, 0.717) is 12.2 Å². The van der Waals surface area contributed by atoms with Gasteiger partial charge in [0.2, 0.25) is 0 Å². The van der Waals surface area contributed by atoms with Gasteiger partial charge in [-0.05, 0) is 55.5 Å². The van der Waals surface area contributed by atoms with Crippen molar-refractivity contribution in [2.75, 3.05) is 26.2 Å². The molecular weight excluding hydrogens is 266 g/mol. The summed E-state index contributed by atoms with van der Waals surface area (Å²) in [5.74, 6) is 1.45. The fraction of sp³-hybridized carbons (Fsp3) is 0.588. The lowest BCUT2D eigenvalue weighted by Gasteiger charge is -2.17. The molecule has 1 unspecified atom stereocenters. The van der Waals surface area contributed by atoms with Gasteiger partial charge >= 0.3 is 5.97 Å². The Bertz CT molecular complexity index is 456. The summed E-state index contributed by atoms with van der Waals surface area (Å²) >= 11 is 0. The van der Waals surface area contributed by atoms with E-state index < -0.39 is 5.97 Å². The highest BCUT2D eigenvalue weighted by Gasteiger charge is 2.24. The van der Waals surface area contributed by atoms with Crippen LogP contribution >= 0.6 is 0 Å². The molecule has 4 heteroatoms. The van der Waals surface area contributed by atoms with Gasteiger partial charge in [0.25, 0.3) is 0 Å². The van der Waals surface area contributed by atoms with Crippen molar-refractivity contribution in [3.8, 4) is 5.75 Å². The molecule has 0 radical (unpaired) electrons. The maximum Gasteiger partial charge on any atom is 0.335 e. The van der Waals surface area contributed by atoms with Gasteiger partial charge in [0, 0.05) is 13.1 Å². The van der Waals surface area contributed by atoms with Crippen LogP contribution in [0.25, 0.3) is 0 Å². The summed E-state index contributed by atoms with van der Waals surface area (Å²) in [5, 5.41) is 8.83. The first-order valence-corrected chi connectivity index (χ1v) is 7.75. The van der Waals surface area contributed by atoms with Crippen LogP contribution in [0.3, 0.4) is 0 Å². The molecule has 0 aliphatic carbocycles. The Hall–Kier alpha value is -1.55. The Kier molecular flexibility index (Phi) is 5.62. The van der Waals surface area contributed by atoms with Crippen LogP contribution in [0.15, 0.2) is 24.3 Å². The Morgan fingerprint density at radius 3 is 2.67 bits per heavy atom. The molecule has 0 spiro atoms. The van der Waals surface area contributed by atoms with E-state index in [9.17, 15) is 4.79 Å². The van der Waals surface area contributed by atoms with Crippen molar-refractivity contribution < 1.29 is 14.6 Å². The van der Waals surface area contributed by atoms with E-state index in [1.807, 2.05) is 0 Å². The molecule has 4 nitrogen and oxygen atoms in total. The molecular formula is C17H25NO3. The summed E-state index contributed by atoms with van der Waals surface area (Å²) in [5.41, 5.74) is 0.291. The lowest BCUT2D eigenvalue weighted by atomic mass is 9.95. The first kappa shape index (κ1) is 15.8. The second kappa shape index (κ2) is 7.46. The van der Waals surface area contributed by atoms with Gasteiger partial charge in [-0.3, -0.25) is 0 Å². The van der Waals surface area contributed by atoms with Crippen LogP contribution in [0.4, 0.5) is 0 Å². The quantitative estimate of drug-likeness (QED) is 0.784. The average molecular weight is 291 g/mol. The van der Waals surface area contributed by atoms with Crippen LogP contribution in [-0.4, -0.2) is 42.2 Å². The first-order valence-electron chi connectivity index (χ1n) is 7.75. The summed E-state index contributed by atoms with van der Waals surface area (Å²) in [6.45, 7) is 8.78. The minimum atomic E-state index is -0.907. The SMILES string of the molecule is CC(C)C1CCN(CCCOc2ccc(C(=O)O)cc2)C1. The van der Waals surface area contributed by atoms with Crippen LogP contribution in [0.1, 0.15) is 37.0 Å². The van der Waals surface area contributed by atoms with Crippen LogP contribution in [-0.2, 0) is 0 Å². The van der Waals surface area contributed by atoms with E-state index in [1.165, 1.54) is 19.5 Å². The first-order chi connectivity index (χ1) is 10.1. The van der Waals surface area contributed by atoms with Gasteiger partial charge in [-0.25, -0.2) is 4.79 Å². The van der Waals surface area contributed by atoms with Gasteiger partial charge in [-0.1, -0.05) is 13.8 Å². The van der Waals surface area contributed by atoms with Crippen LogP contribution in [0, 0.1) is 11.8 Å². The van der Waals surface area contributed by atoms with Crippen molar-refractivity contribution in [2.45, 2.75) is 26.7 Å². The molecule has 1 aromatic rings. The highest BCUT2D eigenvalue weighted by atomic mass is 16.5. The fourth-order valence-electron chi connectivity index (χ4n) is 2.78. The van der Waals surface area contributed by atoms with Gasteiger partial charge in [0.1, 0.15) is 5.75 Å². The van der Waals surface area contributed by atoms with Crippen LogP contribution < -0.4 is 4.74 Å². The summed E-state index contributed by atoms with van der Waals surface area (Å²) in [7, 11) is 0. The van der Waals surface area contributed by atoms with Crippen molar-refractivity contribution in [2.24, 2.45) is 11.8 Å². The molecule has 116 valence electrons. The third kappa shape index (κ3) is 4.74. The number of nitrogens with zero attached hydrogens (tertiary/aromatic N) is 1. The van der Waals surface area contributed by atoms with Crippen LogP contribution in [0.2, 0.25) is 0 Å². The number of carbonyl (C=O) groups is 1. The summed E-state index contributed by atoms with van der Waals surface area (Å²) in [6, 6.07) is 6.58. The number of hydrogen-bond acceptors (Lipinski definition) is 3. The summed E-state index contributed by atoms with van der Waals surface area (Å²) in [4.78, 5) is 13.3. The monoisotopic (exact) mass is 291 g/mol. The van der Waals surface area contributed by atoms with Crippen molar-refractivity contribution >= 4 is 5.97 Å². The molecule has 1 aromatic carbocycles. The zero-order chi connectivity index (χ0) is 15.2. The maximum absolute atomic E-state index is 10.7. The average Bonchev–Trinajstić information content (AvgIpc) is 2.93. The molecule has 21 heavy (non-hydrogen) atoms. The smallest absolute Gasteiger partial charge is 0.335 e. The number of rotatable bonds is 7. The number of ether oxygens (including phenoxy) is 1. The molecule has 1 atom stereocenters. The van der Waals surface area contributed by atoms with Crippen molar-refractivity contribution in [3.05, 3.63) is 29.8 Å². The topological polar surface area (TPSA) is 49.8 Å². The van der Waals surface area contributed by atoms with Crippen molar-refractivity contribution in [3.63, 3.8) is 0 Å². The Morgan fingerprint density at radius 2 is 2.10 bits per heavy atom. The third-order valence-electron chi connectivity index (χ3n) is 4.24. The van der Waals surface area contributed by atoms with E-state index in [-0.39, 0.29) is 0 Å². The molecule has 0 bridgehead atoms. The van der Waals surface area contributed by atoms with Gasteiger partial charge in [0.05, 0.1) is 12.2 Å². The zero-order valence-corrected chi connectivity index (χ0v) is 12.9. The van der Waals surface area contributed by atoms with Crippen molar-refractivity contribution in [1.82, 2.24) is 4.90 Å². The molecule has 0 amide bonds. The number of hydrogen-bond donors (Lipinski definition) is 1. The van der Waals surface area contributed by atoms with Gasteiger partial charge in [-0.2, -0.15) is 0 Å². The molecule has 1 heterocycles. The molecule has 1 aliphatic heterocycles. The fourth-order valence-corrected chi connectivity index (χ4v) is 2.78. The summed E-state index contributed by atoms with van der Waals surface area (Å²) in [6.07, 6.45) is 2.32. The molecule has 1 fully saturated rings. The van der Waals surface area contributed by atoms with Gasteiger partial charge < -0.3 is 14.7 Å². The van der Waals surface area contributed by atoms with Gasteiger partial charge in [-0.15, -0.1) is 0 Å². The molecule has 0 saturated carbocycles. The van der Waals surface area contributed by atoms with E-state index in [4.69, 9.17) is 9.84 Å². The predicted molar refractivity (Wildman–Crippen MR) is 82.9 cm³/mol. The maximum atomic E-state index is 10.7. The lowest BCUT2D eigenvalue weighted by molar-refractivity contribution is 0.0697. The molecule has 0 aromatic heterocycles. The molecule has 1 aliphatic rings. The Morgan fingerprint density at radius 1 is 1.38 bits per heavy atom. The standard InChI is InChI=1S/C17H25NO3/c1-13(2)15-8-10-18(12-15)9-3-11-21-16-6-4-14(5-7-16)17(19)20/h4-7,13,15H,3,8-12H2,1-2H3,(H,19,20). The molecule has 1 N–H and O–H groups in total. The van der Waals surface area contributed by atoms with E-state index in [2.05, 4.69) is 18.7 Å². The van der Waals surface area contributed by atoms with Crippen molar-refractivity contribution in [1.29, 1.82) is 0 Å². The number of benzene rings is 1. The molecule has 1 saturated heterocycles. The minimum Gasteiger partial charge on any atom is -0.494 e.